The molecule has 3 nitrogen and oxygen atoms in total. The summed E-state index contributed by atoms with van der Waals surface area (Å²) in [6.45, 7) is 1.85. The van der Waals surface area contributed by atoms with E-state index >= 15 is 0 Å². The van der Waals surface area contributed by atoms with Gasteiger partial charge in [0.2, 0.25) is 0 Å². The molecule has 0 N–H and O–H groups in total. The Bertz CT molecular complexity index is 809. The Balaban J connectivity index is 2.42. The first-order valence-corrected chi connectivity index (χ1v) is 8.10. The molecule has 0 bridgehead atoms. The van der Waals surface area contributed by atoms with Gasteiger partial charge in [0.1, 0.15) is 11.3 Å². The molecule has 21 heavy (non-hydrogen) atoms. The molecule has 7 heteroatoms. The lowest BCUT2D eigenvalue weighted by Gasteiger charge is -2.13. The number of rotatable bonds is 2. The number of benzene rings is 1. The molecule has 0 saturated heterocycles. The van der Waals surface area contributed by atoms with Gasteiger partial charge in [-0.3, -0.25) is 4.57 Å². The van der Waals surface area contributed by atoms with Crippen LogP contribution in [0.1, 0.15) is 18.1 Å². The van der Waals surface area contributed by atoms with Gasteiger partial charge in [-0.1, -0.05) is 29.3 Å². The predicted octanol–water partition coefficient (Wildman–Crippen LogP) is 5.79. The van der Waals surface area contributed by atoms with E-state index in [9.17, 15) is 0 Å². The Labute approximate surface area is 145 Å². The molecular formula is C14H9BrCl3N3. The fourth-order valence-electron chi connectivity index (χ4n) is 2.15. The zero-order valence-electron chi connectivity index (χ0n) is 10.8. The van der Waals surface area contributed by atoms with Crippen molar-refractivity contribution < 1.29 is 0 Å². The second kappa shape index (κ2) is 5.76. The van der Waals surface area contributed by atoms with E-state index in [0.29, 0.717) is 27.2 Å². The Morgan fingerprint density at radius 3 is 2.52 bits per heavy atom. The molecule has 2 aromatic heterocycles. The number of imidazole rings is 1. The van der Waals surface area contributed by atoms with E-state index in [1.54, 1.807) is 24.4 Å². The number of pyridine rings is 1. The van der Waals surface area contributed by atoms with Crippen molar-refractivity contribution in [2.45, 2.75) is 12.3 Å². The average molecular weight is 406 g/mol. The average Bonchev–Trinajstić information content (AvgIpc) is 2.77. The van der Waals surface area contributed by atoms with Gasteiger partial charge >= 0.3 is 0 Å². The summed E-state index contributed by atoms with van der Waals surface area (Å²) < 4.78 is 2.66. The second-order valence-corrected chi connectivity index (χ2v) is 6.87. The quantitative estimate of drug-likeness (QED) is 0.505. The van der Waals surface area contributed by atoms with E-state index in [1.165, 1.54) is 0 Å². The molecule has 3 rings (SSSR count). The number of aromatic nitrogens is 3. The van der Waals surface area contributed by atoms with Gasteiger partial charge in [-0.05, 0) is 41.1 Å². The summed E-state index contributed by atoms with van der Waals surface area (Å²) in [5.74, 6) is 0.646. The number of halogens is 4. The zero-order valence-corrected chi connectivity index (χ0v) is 14.7. The molecule has 2 heterocycles. The molecule has 3 aromatic rings. The van der Waals surface area contributed by atoms with E-state index in [0.717, 1.165) is 9.99 Å². The number of fused-ring (bicyclic) bond motifs is 1. The van der Waals surface area contributed by atoms with Gasteiger partial charge in [-0.25, -0.2) is 9.97 Å². The maximum Gasteiger partial charge on any atom is 0.164 e. The first-order valence-electron chi connectivity index (χ1n) is 6.11. The maximum atomic E-state index is 6.32. The summed E-state index contributed by atoms with van der Waals surface area (Å²) in [6, 6.07) is 7.22. The lowest BCUT2D eigenvalue weighted by atomic mass is 10.3. The zero-order chi connectivity index (χ0) is 15.1. The topological polar surface area (TPSA) is 30.7 Å². The van der Waals surface area contributed by atoms with E-state index in [-0.39, 0.29) is 5.38 Å². The van der Waals surface area contributed by atoms with Crippen LogP contribution in [0.3, 0.4) is 0 Å². The SMILES string of the molecule is CC(Cl)c1nc2cc(Br)cnc2n1-c1c(Cl)cccc1Cl. The number of para-hydroxylation sites is 1. The van der Waals surface area contributed by atoms with Gasteiger partial charge < -0.3 is 0 Å². The minimum absolute atomic E-state index is 0.315. The highest BCUT2D eigenvalue weighted by Gasteiger charge is 2.21. The highest BCUT2D eigenvalue weighted by molar-refractivity contribution is 9.10. The molecule has 0 spiro atoms. The van der Waals surface area contributed by atoms with Crippen LogP contribution in [0.25, 0.3) is 16.9 Å². The summed E-state index contributed by atoms with van der Waals surface area (Å²) in [4.78, 5) is 8.97. The standard InChI is InChI=1S/C14H9BrCl3N3/c1-7(16)13-20-11-5-8(15)6-19-14(11)21(13)12-9(17)3-2-4-10(12)18/h2-7H,1H3. The van der Waals surface area contributed by atoms with Crippen LogP contribution in [0.4, 0.5) is 0 Å². The minimum atomic E-state index is -0.315. The first kappa shape index (κ1) is 15.1. The van der Waals surface area contributed by atoms with E-state index in [2.05, 4.69) is 25.9 Å². The highest BCUT2D eigenvalue weighted by atomic mass is 79.9. The lowest BCUT2D eigenvalue weighted by Crippen LogP contribution is -2.04. The predicted molar refractivity (Wildman–Crippen MR) is 90.9 cm³/mol. The van der Waals surface area contributed by atoms with Gasteiger partial charge in [0.15, 0.2) is 5.65 Å². The normalized spacial score (nSPS) is 12.8. The van der Waals surface area contributed by atoms with Crippen LogP contribution in [-0.2, 0) is 0 Å². The molecule has 1 unspecified atom stereocenters. The second-order valence-electron chi connectivity index (χ2n) is 4.49. The van der Waals surface area contributed by atoms with E-state index in [1.807, 2.05) is 17.6 Å². The van der Waals surface area contributed by atoms with Gasteiger partial charge in [0.25, 0.3) is 0 Å². The Kier molecular flexibility index (Phi) is 4.14. The summed E-state index contributed by atoms with van der Waals surface area (Å²) >= 11 is 22.3. The third kappa shape index (κ3) is 2.66. The summed E-state index contributed by atoms with van der Waals surface area (Å²) in [7, 11) is 0. The van der Waals surface area contributed by atoms with Crippen molar-refractivity contribution >= 4 is 61.9 Å². The number of alkyl halides is 1. The molecular weight excluding hydrogens is 396 g/mol. The molecule has 0 aliphatic heterocycles. The maximum absolute atomic E-state index is 6.32. The molecule has 108 valence electrons. The smallest absolute Gasteiger partial charge is 0.164 e. The Morgan fingerprint density at radius 2 is 1.90 bits per heavy atom. The molecule has 0 saturated carbocycles. The number of hydrogen-bond donors (Lipinski definition) is 0. The van der Waals surface area contributed by atoms with Crippen LogP contribution >= 0.6 is 50.7 Å². The minimum Gasteiger partial charge on any atom is -0.276 e. The highest BCUT2D eigenvalue weighted by Crippen LogP contribution is 2.35. The Hall–Kier alpha value is -0.810. The van der Waals surface area contributed by atoms with Crippen LogP contribution in [0.5, 0.6) is 0 Å². The van der Waals surface area contributed by atoms with Gasteiger partial charge in [-0.15, -0.1) is 11.6 Å². The van der Waals surface area contributed by atoms with Crippen LogP contribution < -0.4 is 0 Å². The molecule has 0 radical (unpaired) electrons. The summed E-state index contributed by atoms with van der Waals surface area (Å²) in [5, 5.41) is 0.723. The van der Waals surface area contributed by atoms with Crippen molar-refractivity contribution in [3.05, 3.63) is 50.8 Å². The fourth-order valence-corrected chi connectivity index (χ4v) is 3.18. The first-order chi connectivity index (χ1) is 9.99. The van der Waals surface area contributed by atoms with Crippen molar-refractivity contribution in [1.29, 1.82) is 0 Å². The van der Waals surface area contributed by atoms with Gasteiger partial charge in [0, 0.05) is 10.7 Å². The molecule has 1 aromatic carbocycles. The largest absolute Gasteiger partial charge is 0.276 e. The third-order valence-corrected chi connectivity index (χ3v) is 4.25. The lowest BCUT2D eigenvalue weighted by molar-refractivity contribution is 0.877. The van der Waals surface area contributed by atoms with Crippen molar-refractivity contribution in [2.24, 2.45) is 0 Å². The van der Waals surface area contributed by atoms with E-state index < -0.39 is 0 Å². The van der Waals surface area contributed by atoms with Crippen LogP contribution in [0.15, 0.2) is 34.9 Å². The van der Waals surface area contributed by atoms with Crippen molar-refractivity contribution in [2.75, 3.05) is 0 Å². The van der Waals surface area contributed by atoms with Crippen LogP contribution in [0, 0.1) is 0 Å². The van der Waals surface area contributed by atoms with Crippen molar-refractivity contribution in [3.63, 3.8) is 0 Å². The molecule has 0 aliphatic rings. The van der Waals surface area contributed by atoms with Gasteiger partial charge in [-0.2, -0.15) is 0 Å². The monoisotopic (exact) mass is 403 g/mol. The number of nitrogens with zero attached hydrogens (tertiary/aromatic N) is 3. The molecule has 0 amide bonds. The third-order valence-electron chi connectivity index (χ3n) is 3.01. The summed E-state index contributed by atoms with van der Waals surface area (Å²) in [6.07, 6.45) is 1.70. The summed E-state index contributed by atoms with van der Waals surface area (Å²) in [5.41, 5.74) is 2.03. The van der Waals surface area contributed by atoms with Crippen LogP contribution in [-0.4, -0.2) is 14.5 Å². The van der Waals surface area contributed by atoms with Crippen LogP contribution in [0.2, 0.25) is 10.0 Å². The number of hydrogen-bond acceptors (Lipinski definition) is 2. The van der Waals surface area contributed by atoms with Crippen molar-refractivity contribution in [1.82, 2.24) is 14.5 Å². The van der Waals surface area contributed by atoms with Gasteiger partial charge in [0.05, 0.1) is 21.1 Å². The fraction of sp³-hybridized carbons (Fsp3) is 0.143. The molecule has 1 atom stereocenters. The molecule has 0 aliphatic carbocycles. The van der Waals surface area contributed by atoms with E-state index in [4.69, 9.17) is 34.8 Å². The molecule has 0 fully saturated rings. The Morgan fingerprint density at radius 1 is 1.24 bits per heavy atom. The van der Waals surface area contributed by atoms with Crippen molar-refractivity contribution in [3.8, 4) is 5.69 Å².